The van der Waals surface area contributed by atoms with Crippen LogP contribution in [0.25, 0.3) is 0 Å². The molecule has 0 aliphatic rings. The molecule has 0 aliphatic carbocycles. The van der Waals surface area contributed by atoms with Crippen LogP contribution >= 0.6 is 0 Å². The molecular weight excluding hydrogens is 261 g/mol. The van der Waals surface area contributed by atoms with E-state index >= 15 is 0 Å². The first-order chi connectivity index (χ1) is 9.04. The number of alkyl carbamates (subject to hydrolysis) is 1. The lowest BCUT2D eigenvalue weighted by Crippen LogP contribution is -2.34. The van der Waals surface area contributed by atoms with E-state index in [1.807, 2.05) is 6.92 Å². The number of carbonyl (C=O) groups is 1. The first-order valence-electron chi connectivity index (χ1n) is 5.52. The Morgan fingerprint density at radius 3 is 2.95 bits per heavy atom. The first kappa shape index (κ1) is 14.9. The van der Waals surface area contributed by atoms with Crippen LogP contribution in [-0.2, 0) is 16.2 Å². The molecule has 8 nitrogen and oxygen atoms in total. The van der Waals surface area contributed by atoms with Crippen LogP contribution in [0.15, 0.2) is 15.8 Å². The van der Waals surface area contributed by atoms with Gasteiger partial charge in [-0.2, -0.15) is 4.39 Å². The summed E-state index contributed by atoms with van der Waals surface area (Å²) < 4.78 is 23.2. The van der Waals surface area contributed by atoms with Crippen molar-refractivity contribution in [1.82, 2.24) is 14.9 Å². The SMILES string of the molecule is CCOCCNC(=O)OCn1cc(F)c(=O)[nH]c1=O. The van der Waals surface area contributed by atoms with E-state index in [9.17, 15) is 18.8 Å². The first-order valence-corrected chi connectivity index (χ1v) is 5.52. The molecule has 1 heterocycles. The molecule has 1 aromatic rings. The molecule has 1 rings (SSSR count). The zero-order valence-electron chi connectivity index (χ0n) is 10.3. The third-order valence-corrected chi connectivity index (χ3v) is 2.02. The molecule has 106 valence electrons. The summed E-state index contributed by atoms with van der Waals surface area (Å²) in [7, 11) is 0. The van der Waals surface area contributed by atoms with Gasteiger partial charge in [0.25, 0.3) is 5.56 Å². The average molecular weight is 275 g/mol. The van der Waals surface area contributed by atoms with Crippen LogP contribution in [0.1, 0.15) is 6.92 Å². The van der Waals surface area contributed by atoms with Crippen molar-refractivity contribution < 1.29 is 18.7 Å². The summed E-state index contributed by atoms with van der Waals surface area (Å²) in [5.41, 5.74) is -1.99. The summed E-state index contributed by atoms with van der Waals surface area (Å²) in [6, 6.07) is 0. The van der Waals surface area contributed by atoms with Crippen LogP contribution in [0.5, 0.6) is 0 Å². The number of rotatable bonds is 6. The Morgan fingerprint density at radius 1 is 1.53 bits per heavy atom. The molecule has 2 N–H and O–H groups in total. The normalized spacial score (nSPS) is 10.2. The van der Waals surface area contributed by atoms with Gasteiger partial charge in [-0.15, -0.1) is 0 Å². The lowest BCUT2D eigenvalue weighted by Gasteiger charge is -2.08. The van der Waals surface area contributed by atoms with E-state index < -0.39 is 29.9 Å². The number of nitrogens with one attached hydrogen (secondary N) is 2. The summed E-state index contributed by atoms with van der Waals surface area (Å²) in [4.78, 5) is 34.9. The smallest absolute Gasteiger partial charge is 0.408 e. The summed E-state index contributed by atoms with van der Waals surface area (Å²) in [5.74, 6) is -1.14. The summed E-state index contributed by atoms with van der Waals surface area (Å²) in [6.07, 6.45) is -0.118. The lowest BCUT2D eigenvalue weighted by atomic mass is 10.6. The van der Waals surface area contributed by atoms with Gasteiger partial charge in [0.1, 0.15) is 0 Å². The summed E-state index contributed by atoms with van der Waals surface area (Å²) in [6.45, 7) is 2.42. The maximum atomic E-state index is 12.9. The van der Waals surface area contributed by atoms with Crippen molar-refractivity contribution in [3.05, 3.63) is 32.9 Å². The second-order valence-corrected chi connectivity index (χ2v) is 3.39. The number of hydrogen-bond acceptors (Lipinski definition) is 5. The van der Waals surface area contributed by atoms with E-state index in [1.54, 1.807) is 4.98 Å². The van der Waals surface area contributed by atoms with Crippen molar-refractivity contribution in [3.63, 3.8) is 0 Å². The number of aromatic amines is 1. The van der Waals surface area contributed by atoms with E-state index in [2.05, 4.69) is 10.1 Å². The molecular formula is C10H14FN3O5. The molecule has 0 aromatic carbocycles. The number of aromatic nitrogens is 2. The predicted molar refractivity (Wildman–Crippen MR) is 62.3 cm³/mol. The number of ether oxygens (including phenoxy) is 2. The Hall–Kier alpha value is -2.16. The van der Waals surface area contributed by atoms with Gasteiger partial charge in [-0.25, -0.2) is 9.59 Å². The number of amides is 1. The minimum atomic E-state index is -1.14. The third kappa shape index (κ3) is 4.92. The van der Waals surface area contributed by atoms with E-state index in [-0.39, 0.29) is 6.54 Å². The highest BCUT2D eigenvalue weighted by molar-refractivity contribution is 5.66. The number of carbonyl (C=O) groups excluding carboxylic acids is 1. The van der Waals surface area contributed by atoms with Crippen LogP contribution in [0, 0.1) is 5.82 Å². The molecule has 0 saturated heterocycles. The predicted octanol–water partition coefficient (Wildman–Crippen LogP) is -0.604. The Kier molecular flexibility index (Phi) is 5.73. The Morgan fingerprint density at radius 2 is 2.26 bits per heavy atom. The number of H-pyrrole nitrogens is 1. The van der Waals surface area contributed by atoms with Crippen molar-refractivity contribution in [2.24, 2.45) is 0 Å². The van der Waals surface area contributed by atoms with Gasteiger partial charge in [0.15, 0.2) is 6.73 Å². The van der Waals surface area contributed by atoms with Crippen LogP contribution in [-0.4, -0.2) is 35.4 Å². The second-order valence-electron chi connectivity index (χ2n) is 3.39. The zero-order chi connectivity index (χ0) is 14.3. The van der Waals surface area contributed by atoms with Gasteiger partial charge in [0.2, 0.25) is 5.82 Å². The molecule has 0 unspecified atom stereocenters. The van der Waals surface area contributed by atoms with Crippen molar-refractivity contribution in [2.75, 3.05) is 19.8 Å². The van der Waals surface area contributed by atoms with E-state index in [1.165, 1.54) is 0 Å². The van der Waals surface area contributed by atoms with Crippen LogP contribution < -0.4 is 16.6 Å². The molecule has 0 spiro atoms. The maximum Gasteiger partial charge on any atom is 0.408 e. The Labute approximate surface area is 107 Å². The topological polar surface area (TPSA) is 102 Å². The van der Waals surface area contributed by atoms with Crippen molar-refractivity contribution in [2.45, 2.75) is 13.7 Å². The minimum absolute atomic E-state index is 0.252. The van der Waals surface area contributed by atoms with Crippen LogP contribution in [0.2, 0.25) is 0 Å². The summed E-state index contributed by atoms with van der Waals surface area (Å²) >= 11 is 0. The molecule has 1 aromatic heterocycles. The van der Waals surface area contributed by atoms with E-state index in [0.717, 1.165) is 4.57 Å². The van der Waals surface area contributed by atoms with E-state index in [4.69, 9.17) is 4.74 Å². The third-order valence-electron chi connectivity index (χ3n) is 2.02. The van der Waals surface area contributed by atoms with Crippen LogP contribution in [0.3, 0.4) is 0 Å². The van der Waals surface area contributed by atoms with Gasteiger partial charge in [-0.3, -0.25) is 14.3 Å². The average Bonchev–Trinajstić information content (AvgIpc) is 2.37. The molecule has 9 heteroatoms. The standard InChI is InChI=1S/C10H14FN3O5/c1-2-18-4-3-12-10(17)19-6-14-5-7(11)8(15)13-9(14)16/h5H,2-4,6H2,1H3,(H,12,17)(H,13,15,16). The molecule has 0 bridgehead atoms. The van der Waals surface area contributed by atoms with Crippen molar-refractivity contribution in [3.8, 4) is 0 Å². The molecule has 0 radical (unpaired) electrons. The Balaban J connectivity index is 2.44. The molecule has 0 saturated carbocycles. The van der Waals surface area contributed by atoms with Gasteiger partial charge in [0, 0.05) is 13.2 Å². The fraction of sp³-hybridized carbons (Fsp3) is 0.500. The van der Waals surface area contributed by atoms with Crippen LogP contribution in [0.4, 0.5) is 9.18 Å². The minimum Gasteiger partial charge on any atom is -0.428 e. The maximum absolute atomic E-state index is 12.9. The lowest BCUT2D eigenvalue weighted by molar-refractivity contribution is 0.103. The van der Waals surface area contributed by atoms with Gasteiger partial charge in [0.05, 0.1) is 12.8 Å². The highest BCUT2D eigenvalue weighted by Gasteiger charge is 2.06. The van der Waals surface area contributed by atoms with Crippen molar-refractivity contribution >= 4 is 6.09 Å². The molecule has 0 aliphatic heterocycles. The molecule has 19 heavy (non-hydrogen) atoms. The highest BCUT2D eigenvalue weighted by Crippen LogP contribution is 1.87. The fourth-order valence-electron chi connectivity index (χ4n) is 1.13. The summed E-state index contributed by atoms with van der Waals surface area (Å²) in [5, 5.41) is 2.37. The fourth-order valence-corrected chi connectivity index (χ4v) is 1.13. The quantitative estimate of drug-likeness (QED) is 0.675. The van der Waals surface area contributed by atoms with Crippen molar-refractivity contribution in [1.29, 1.82) is 0 Å². The second kappa shape index (κ2) is 7.31. The Bertz CT molecular complexity index is 539. The number of hydrogen-bond donors (Lipinski definition) is 2. The van der Waals surface area contributed by atoms with Gasteiger partial charge >= 0.3 is 11.8 Å². The van der Waals surface area contributed by atoms with Gasteiger partial charge < -0.3 is 14.8 Å². The zero-order valence-corrected chi connectivity index (χ0v) is 10.3. The molecule has 0 atom stereocenters. The van der Waals surface area contributed by atoms with Gasteiger partial charge in [-0.05, 0) is 6.92 Å². The number of halogens is 1. The monoisotopic (exact) mass is 275 g/mol. The van der Waals surface area contributed by atoms with Gasteiger partial charge in [-0.1, -0.05) is 0 Å². The molecule has 0 fully saturated rings. The highest BCUT2D eigenvalue weighted by atomic mass is 19.1. The molecule has 1 amide bonds. The van der Waals surface area contributed by atoms with E-state index in [0.29, 0.717) is 19.4 Å². The number of nitrogens with zero attached hydrogens (tertiary/aromatic N) is 1. The largest absolute Gasteiger partial charge is 0.428 e.